The molecule has 96 valence electrons. The predicted molar refractivity (Wildman–Crippen MR) is 66.3 cm³/mol. The van der Waals surface area contributed by atoms with E-state index >= 15 is 0 Å². The maximum absolute atomic E-state index is 11.9. The zero-order valence-electron chi connectivity index (χ0n) is 9.42. The molecule has 6 nitrogen and oxygen atoms in total. The first-order valence-corrected chi connectivity index (χ1v) is 8.12. The Bertz CT molecular complexity index is 502. The standard InChI is InChI=1S/C9H15N3O3S2/c1-16(13)6-5-12-17(14,15)9-3-2-4-11-8(9)7-10/h2-4,12H,5-7,10H2,1H3. The van der Waals surface area contributed by atoms with Crippen LogP contribution in [0.5, 0.6) is 0 Å². The molecule has 17 heavy (non-hydrogen) atoms. The number of hydrogen-bond donors (Lipinski definition) is 2. The molecule has 0 aliphatic carbocycles. The van der Waals surface area contributed by atoms with Crippen molar-refractivity contribution in [2.45, 2.75) is 11.4 Å². The van der Waals surface area contributed by atoms with E-state index < -0.39 is 20.8 Å². The SMILES string of the molecule is CS(=O)CCNS(=O)(=O)c1cccnc1CN. The molecule has 0 fully saturated rings. The molecule has 8 heteroatoms. The number of nitrogens with two attached hydrogens (primary N) is 1. The molecule has 0 radical (unpaired) electrons. The van der Waals surface area contributed by atoms with Crippen LogP contribution in [0.2, 0.25) is 0 Å². The van der Waals surface area contributed by atoms with Crippen LogP contribution < -0.4 is 10.5 Å². The van der Waals surface area contributed by atoms with E-state index in [1.54, 1.807) is 0 Å². The van der Waals surface area contributed by atoms with Crippen molar-refractivity contribution in [2.24, 2.45) is 5.73 Å². The van der Waals surface area contributed by atoms with Gasteiger partial charge in [0.1, 0.15) is 4.90 Å². The van der Waals surface area contributed by atoms with E-state index in [-0.39, 0.29) is 23.7 Å². The van der Waals surface area contributed by atoms with Gasteiger partial charge in [-0.1, -0.05) is 0 Å². The summed E-state index contributed by atoms with van der Waals surface area (Å²) in [6.45, 7) is 0.182. The molecule has 1 aromatic heterocycles. The Balaban J connectivity index is 2.86. The Hall–Kier alpha value is -0.830. The molecule has 0 spiro atoms. The van der Waals surface area contributed by atoms with Gasteiger partial charge in [-0.3, -0.25) is 9.19 Å². The highest BCUT2D eigenvalue weighted by atomic mass is 32.2. The molecule has 3 N–H and O–H groups in total. The van der Waals surface area contributed by atoms with Gasteiger partial charge in [0.25, 0.3) is 0 Å². The summed E-state index contributed by atoms with van der Waals surface area (Å²) in [4.78, 5) is 3.98. The Morgan fingerprint density at radius 1 is 1.53 bits per heavy atom. The van der Waals surface area contributed by atoms with Crippen molar-refractivity contribution in [1.82, 2.24) is 9.71 Å². The van der Waals surface area contributed by atoms with E-state index in [0.29, 0.717) is 5.69 Å². The molecule has 1 atom stereocenters. The lowest BCUT2D eigenvalue weighted by atomic mass is 10.3. The maximum Gasteiger partial charge on any atom is 0.242 e. The van der Waals surface area contributed by atoms with E-state index in [1.165, 1.54) is 24.6 Å². The summed E-state index contributed by atoms with van der Waals surface area (Å²) in [6, 6.07) is 2.98. The van der Waals surface area contributed by atoms with Crippen molar-refractivity contribution in [1.29, 1.82) is 0 Å². The highest BCUT2D eigenvalue weighted by Gasteiger charge is 2.17. The quantitative estimate of drug-likeness (QED) is 0.708. The average Bonchev–Trinajstić information content (AvgIpc) is 2.28. The van der Waals surface area contributed by atoms with Crippen LogP contribution in [0.4, 0.5) is 0 Å². The second-order valence-corrected chi connectivity index (χ2v) is 6.62. The number of rotatable bonds is 6. The van der Waals surface area contributed by atoms with E-state index in [9.17, 15) is 12.6 Å². The minimum atomic E-state index is -3.63. The van der Waals surface area contributed by atoms with Crippen LogP contribution in [0, 0.1) is 0 Å². The highest BCUT2D eigenvalue weighted by Crippen LogP contribution is 2.11. The number of nitrogens with one attached hydrogen (secondary N) is 1. The van der Waals surface area contributed by atoms with Gasteiger partial charge in [-0.05, 0) is 12.1 Å². The topological polar surface area (TPSA) is 102 Å². The van der Waals surface area contributed by atoms with Crippen LogP contribution in [-0.2, 0) is 27.4 Å². The molecule has 0 aromatic carbocycles. The number of sulfonamides is 1. The fourth-order valence-electron chi connectivity index (χ4n) is 1.22. The van der Waals surface area contributed by atoms with E-state index in [0.717, 1.165) is 0 Å². The van der Waals surface area contributed by atoms with Gasteiger partial charge >= 0.3 is 0 Å². The molecule has 1 aromatic rings. The molecule has 1 heterocycles. The normalized spacial score (nSPS) is 13.5. The van der Waals surface area contributed by atoms with Crippen molar-refractivity contribution < 1.29 is 12.6 Å². The molecule has 0 bridgehead atoms. The summed E-state index contributed by atoms with van der Waals surface area (Å²) in [6.07, 6.45) is 3.01. The maximum atomic E-state index is 11.9. The van der Waals surface area contributed by atoms with E-state index in [2.05, 4.69) is 9.71 Å². The van der Waals surface area contributed by atoms with Crippen molar-refractivity contribution in [3.05, 3.63) is 24.0 Å². The van der Waals surface area contributed by atoms with Gasteiger partial charge < -0.3 is 5.73 Å². The van der Waals surface area contributed by atoms with Crippen LogP contribution in [0.25, 0.3) is 0 Å². The summed E-state index contributed by atoms with van der Waals surface area (Å²) in [5.74, 6) is 0.275. The second-order valence-electron chi connectivity index (χ2n) is 3.33. The fourth-order valence-corrected chi connectivity index (χ4v) is 2.97. The van der Waals surface area contributed by atoms with Crippen molar-refractivity contribution in [3.8, 4) is 0 Å². The number of aromatic nitrogens is 1. The predicted octanol–water partition coefficient (Wildman–Crippen LogP) is -0.803. The van der Waals surface area contributed by atoms with Crippen LogP contribution in [0.1, 0.15) is 5.69 Å². The zero-order chi connectivity index (χ0) is 12.9. The van der Waals surface area contributed by atoms with Crippen molar-refractivity contribution in [3.63, 3.8) is 0 Å². The molecule has 0 saturated heterocycles. The lowest BCUT2D eigenvalue weighted by molar-refractivity contribution is 0.582. The van der Waals surface area contributed by atoms with Crippen LogP contribution in [-0.4, -0.2) is 36.2 Å². The van der Waals surface area contributed by atoms with Crippen LogP contribution in [0.3, 0.4) is 0 Å². The summed E-state index contributed by atoms with van der Waals surface area (Å²) in [7, 11) is -4.66. The number of hydrogen-bond acceptors (Lipinski definition) is 5. The first-order valence-electron chi connectivity index (χ1n) is 4.91. The largest absolute Gasteiger partial charge is 0.325 e. The summed E-state index contributed by atoms with van der Waals surface area (Å²) in [5.41, 5.74) is 5.74. The van der Waals surface area contributed by atoms with Crippen molar-refractivity contribution >= 4 is 20.8 Å². The summed E-state index contributed by atoms with van der Waals surface area (Å²) in [5, 5.41) is 0. The molecular formula is C9H15N3O3S2. The Morgan fingerprint density at radius 2 is 2.24 bits per heavy atom. The second kappa shape index (κ2) is 6.20. The number of pyridine rings is 1. The number of nitrogens with zero attached hydrogens (tertiary/aromatic N) is 1. The third-order valence-electron chi connectivity index (χ3n) is 2.01. The highest BCUT2D eigenvalue weighted by molar-refractivity contribution is 7.89. The minimum absolute atomic E-state index is 0.0524. The van der Waals surface area contributed by atoms with Gasteiger partial charge in [0.05, 0.1) is 5.69 Å². The molecule has 1 rings (SSSR count). The van der Waals surface area contributed by atoms with E-state index in [4.69, 9.17) is 5.73 Å². The molecule has 0 amide bonds. The lowest BCUT2D eigenvalue weighted by Gasteiger charge is -2.08. The third kappa shape index (κ3) is 4.15. The first kappa shape index (κ1) is 14.2. The van der Waals surface area contributed by atoms with Gasteiger partial charge in [-0.25, -0.2) is 13.1 Å². The van der Waals surface area contributed by atoms with Crippen molar-refractivity contribution in [2.75, 3.05) is 18.6 Å². The fraction of sp³-hybridized carbons (Fsp3) is 0.444. The first-order chi connectivity index (χ1) is 7.97. The molecule has 1 unspecified atom stereocenters. The Kier molecular flexibility index (Phi) is 5.19. The molecular weight excluding hydrogens is 262 g/mol. The smallest absolute Gasteiger partial charge is 0.242 e. The lowest BCUT2D eigenvalue weighted by Crippen LogP contribution is -2.29. The summed E-state index contributed by atoms with van der Waals surface area (Å²) < 4.78 is 37.0. The van der Waals surface area contributed by atoms with Crippen LogP contribution >= 0.6 is 0 Å². The summed E-state index contributed by atoms with van der Waals surface area (Å²) >= 11 is 0. The zero-order valence-corrected chi connectivity index (χ0v) is 11.1. The van der Waals surface area contributed by atoms with Gasteiger partial charge in [0, 0.05) is 42.1 Å². The molecule has 0 aliphatic rings. The Labute approximate surface area is 103 Å². The van der Waals surface area contributed by atoms with Gasteiger partial charge in [-0.2, -0.15) is 0 Å². The third-order valence-corrected chi connectivity index (χ3v) is 4.33. The molecule has 0 aliphatic heterocycles. The minimum Gasteiger partial charge on any atom is -0.325 e. The van der Waals surface area contributed by atoms with Gasteiger partial charge in [0.15, 0.2) is 0 Å². The van der Waals surface area contributed by atoms with Gasteiger partial charge in [-0.15, -0.1) is 0 Å². The molecule has 0 saturated carbocycles. The monoisotopic (exact) mass is 277 g/mol. The van der Waals surface area contributed by atoms with Gasteiger partial charge in [0.2, 0.25) is 10.0 Å². The van der Waals surface area contributed by atoms with E-state index in [1.807, 2.05) is 0 Å². The van der Waals surface area contributed by atoms with Crippen LogP contribution in [0.15, 0.2) is 23.2 Å². The Morgan fingerprint density at radius 3 is 2.82 bits per heavy atom. The average molecular weight is 277 g/mol.